The lowest BCUT2D eigenvalue weighted by atomic mass is 10.1. The average molecular weight is 385 g/mol. The molecule has 0 bridgehead atoms. The van der Waals surface area contributed by atoms with Gasteiger partial charge in [-0.1, -0.05) is 35.3 Å². The molecule has 24 heavy (non-hydrogen) atoms. The molecule has 2 aromatic carbocycles. The molecule has 1 aromatic heterocycles. The number of rotatable bonds is 5. The van der Waals surface area contributed by atoms with E-state index in [2.05, 4.69) is 4.98 Å². The Bertz CT molecular complexity index is 810. The number of aromatic nitrogens is 2. The van der Waals surface area contributed by atoms with E-state index in [1.807, 2.05) is 0 Å². The summed E-state index contributed by atoms with van der Waals surface area (Å²) in [6, 6.07) is 10.9. The van der Waals surface area contributed by atoms with Crippen molar-refractivity contribution in [3.05, 3.63) is 82.6 Å². The summed E-state index contributed by atoms with van der Waals surface area (Å²) >= 11 is 13.3. The number of benzene rings is 2. The lowest BCUT2D eigenvalue weighted by molar-refractivity contribution is 0.235. The summed E-state index contributed by atoms with van der Waals surface area (Å²) in [4.78, 5) is 4.65. The van der Waals surface area contributed by atoms with Crippen LogP contribution >= 0.6 is 35.0 Å². The number of alkyl halides is 1. The average Bonchev–Trinajstić information content (AvgIpc) is 3.11. The molecule has 3 aromatic rings. The number of halogens is 4. The van der Waals surface area contributed by atoms with Gasteiger partial charge >= 0.3 is 0 Å². The van der Waals surface area contributed by atoms with Crippen molar-refractivity contribution in [1.82, 2.24) is 9.55 Å². The van der Waals surface area contributed by atoms with Crippen molar-refractivity contribution < 1.29 is 8.78 Å². The van der Waals surface area contributed by atoms with E-state index in [9.17, 15) is 4.39 Å². The van der Waals surface area contributed by atoms with E-state index in [-0.39, 0.29) is 5.82 Å². The van der Waals surface area contributed by atoms with Crippen molar-refractivity contribution >= 4 is 35.0 Å². The van der Waals surface area contributed by atoms with Gasteiger partial charge < -0.3 is 4.57 Å². The minimum Gasteiger partial charge on any atom is -0.305 e. The quantitative estimate of drug-likeness (QED) is 0.478. The first-order valence-corrected chi connectivity index (χ1v) is 8.67. The monoisotopic (exact) mass is 384 g/mol. The summed E-state index contributed by atoms with van der Waals surface area (Å²) in [5.41, 5.74) is 0.661. The summed E-state index contributed by atoms with van der Waals surface area (Å²) < 4.78 is 29.6. The lowest BCUT2D eigenvalue weighted by Crippen LogP contribution is -2.10. The van der Waals surface area contributed by atoms with Crippen LogP contribution in [0.25, 0.3) is 0 Å². The zero-order valence-electron chi connectivity index (χ0n) is 12.2. The minimum absolute atomic E-state index is 0.366. The first-order valence-electron chi connectivity index (χ1n) is 7.03. The van der Waals surface area contributed by atoms with E-state index < -0.39 is 11.5 Å². The normalized spacial score (nSPS) is 13.7. The maximum absolute atomic E-state index is 15.0. The summed E-state index contributed by atoms with van der Waals surface area (Å²) in [7, 11) is 0. The Balaban J connectivity index is 1.94. The van der Waals surface area contributed by atoms with Gasteiger partial charge in [-0.2, -0.15) is 0 Å². The standard InChI is InChI=1S/C17H12Cl2F2N2S/c18-14-6-5-13(9-15(14)19)24-16(11-1-3-12(20)4-2-11)17(21)23-8-7-22-10-23/h1-10,16-17H. The van der Waals surface area contributed by atoms with E-state index in [0.29, 0.717) is 15.6 Å². The predicted octanol–water partition coefficient (Wildman–Crippen LogP) is 6.33. The molecule has 0 aliphatic rings. The van der Waals surface area contributed by atoms with Crippen molar-refractivity contribution in [2.75, 3.05) is 0 Å². The third-order valence-electron chi connectivity index (χ3n) is 3.41. The second-order valence-electron chi connectivity index (χ2n) is 5.05. The summed E-state index contributed by atoms with van der Waals surface area (Å²) in [6.45, 7) is 0. The van der Waals surface area contributed by atoms with E-state index in [0.717, 1.165) is 4.90 Å². The molecule has 2 nitrogen and oxygen atoms in total. The SMILES string of the molecule is Fc1ccc(C(Sc2ccc(Cl)c(Cl)c2)C(F)n2ccnc2)cc1. The van der Waals surface area contributed by atoms with Crippen LogP contribution in [-0.4, -0.2) is 9.55 Å². The van der Waals surface area contributed by atoms with Gasteiger partial charge in [0, 0.05) is 17.3 Å². The van der Waals surface area contributed by atoms with Crippen LogP contribution in [0.4, 0.5) is 8.78 Å². The maximum atomic E-state index is 15.0. The van der Waals surface area contributed by atoms with Crippen LogP contribution in [0.3, 0.4) is 0 Å². The van der Waals surface area contributed by atoms with Gasteiger partial charge in [0.1, 0.15) is 5.82 Å². The lowest BCUT2D eigenvalue weighted by Gasteiger charge is -2.22. The molecule has 0 saturated carbocycles. The second-order valence-corrected chi connectivity index (χ2v) is 7.08. The van der Waals surface area contributed by atoms with E-state index in [1.165, 1.54) is 41.0 Å². The molecule has 3 rings (SSSR count). The largest absolute Gasteiger partial charge is 0.305 e. The highest BCUT2D eigenvalue weighted by Gasteiger charge is 2.26. The topological polar surface area (TPSA) is 17.8 Å². The van der Waals surface area contributed by atoms with Crippen LogP contribution in [0, 0.1) is 5.82 Å². The molecule has 0 N–H and O–H groups in total. The Labute approximate surface area is 152 Å². The molecule has 0 aliphatic heterocycles. The van der Waals surface area contributed by atoms with Crippen molar-refractivity contribution in [3.8, 4) is 0 Å². The smallest absolute Gasteiger partial charge is 0.193 e. The van der Waals surface area contributed by atoms with Crippen LogP contribution in [0.15, 0.2) is 66.1 Å². The second kappa shape index (κ2) is 7.55. The number of hydrogen-bond acceptors (Lipinski definition) is 2. The number of imidazole rings is 1. The zero-order valence-corrected chi connectivity index (χ0v) is 14.6. The van der Waals surface area contributed by atoms with Gasteiger partial charge in [-0.3, -0.25) is 0 Å². The van der Waals surface area contributed by atoms with E-state index in [1.54, 1.807) is 36.5 Å². The first-order chi connectivity index (χ1) is 11.5. The Kier molecular flexibility index (Phi) is 5.43. The molecule has 124 valence electrons. The van der Waals surface area contributed by atoms with Gasteiger partial charge in [-0.15, -0.1) is 11.8 Å². The van der Waals surface area contributed by atoms with Crippen molar-refractivity contribution in [2.24, 2.45) is 0 Å². The molecule has 1 heterocycles. The highest BCUT2D eigenvalue weighted by molar-refractivity contribution is 7.99. The molecule has 0 saturated heterocycles. The number of hydrogen-bond donors (Lipinski definition) is 0. The predicted molar refractivity (Wildman–Crippen MR) is 93.8 cm³/mol. The van der Waals surface area contributed by atoms with Crippen LogP contribution < -0.4 is 0 Å². The Hall–Kier alpha value is -1.56. The third kappa shape index (κ3) is 3.91. The van der Waals surface area contributed by atoms with Gasteiger partial charge in [0.05, 0.1) is 21.6 Å². The molecule has 0 radical (unpaired) electrons. The Morgan fingerprint density at radius 3 is 2.42 bits per heavy atom. The van der Waals surface area contributed by atoms with Crippen LogP contribution in [-0.2, 0) is 0 Å². The van der Waals surface area contributed by atoms with Crippen LogP contribution in [0.2, 0.25) is 10.0 Å². The van der Waals surface area contributed by atoms with Gasteiger partial charge in [0.15, 0.2) is 6.30 Å². The summed E-state index contributed by atoms with van der Waals surface area (Å²) in [5.74, 6) is -0.366. The zero-order chi connectivity index (χ0) is 17.1. The third-order valence-corrected chi connectivity index (χ3v) is 5.43. The molecule has 0 aliphatic carbocycles. The van der Waals surface area contributed by atoms with Gasteiger partial charge in [0.25, 0.3) is 0 Å². The minimum atomic E-state index is -1.38. The van der Waals surface area contributed by atoms with Crippen LogP contribution in [0.1, 0.15) is 17.1 Å². The number of thioether (sulfide) groups is 1. The van der Waals surface area contributed by atoms with Crippen molar-refractivity contribution in [2.45, 2.75) is 16.4 Å². The molecule has 2 atom stereocenters. The van der Waals surface area contributed by atoms with Crippen LogP contribution in [0.5, 0.6) is 0 Å². The molecule has 2 unspecified atom stereocenters. The fourth-order valence-electron chi connectivity index (χ4n) is 2.20. The molecular weight excluding hydrogens is 373 g/mol. The fraction of sp³-hybridized carbons (Fsp3) is 0.118. The Morgan fingerprint density at radius 1 is 1.04 bits per heavy atom. The van der Waals surface area contributed by atoms with Crippen molar-refractivity contribution in [1.29, 1.82) is 0 Å². The first kappa shape index (κ1) is 17.3. The molecular formula is C17H12Cl2F2N2S. The Morgan fingerprint density at radius 2 is 1.79 bits per heavy atom. The molecule has 0 fully saturated rings. The summed E-state index contributed by atoms with van der Waals surface area (Å²) in [5, 5.41) is 0.236. The molecule has 7 heteroatoms. The maximum Gasteiger partial charge on any atom is 0.193 e. The van der Waals surface area contributed by atoms with Crippen molar-refractivity contribution in [3.63, 3.8) is 0 Å². The van der Waals surface area contributed by atoms with Gasteiger partial charge in [0.2, 0.25) is 0 Å². The highest BCUT2D eigenvalue weighted by Crippen LogP contribution is 2.44. The molecule has 0 spiro atoms. The highest BCUT2D eigenvalue weighted by atomic mass is 35.5. The van der Waals surface area contributed by atoms with Gasteiger partial charge in [-0.25, -0.2) is 13.8 Å². The molecule has 0 amide bonds. The van der Waals surface area contributed by atoms with E-state index in [4.69, 9.17) is 23.2 Å². The summed E-state index contributed by atoms with van der Waals surface area (Å²) in [6.07, 6.45) is 3.10. The van der Waals surface area contributed by atoms with Gasteiger partial charge in [-0.05, 0) is 35.9 Å². The van der Waals surface area contributed by atoms with E-state index >= 15 is 4.39 Å². The number of nitrogens with zero attached hydrogens (tertiary/aromatic N) is 2. The fourth-order valence-corrected chi connectivity index (χ4v) is 3.74.